The molecule has 0 atom stereocenters. The molecule has 3 N–H and O–H groups in total. The number of aromatic carboxylic acids is 2. The zero-order chi connectivity index (χ0) is 45.0. The summed E-state index contributed by atoms with van der Waals surface area (Å²) in [5, 5.41) is 21.0. The van der Waals surface area contributed by atoms with E-state index in [9.17, 15) is 24.0 Å². The molecule has 0 fully saturated rings. The molecule has 2 amide bonds. The van der Waals surface area contributed by atoms with Crippen molar-refractivity contribution in [2.24, 2.45) is 0 Å². The molecule has 320 valence electrons. The van der Waals surface area contributed by atoms with Gasteiger partial charge < -0.3 is 39.7 Å². The molecule has 3 rings (SSSR count). The van der Waals surface area contributed by atoms with Crippen molar-refractivity contribution in [3.8, 4) is 0 Å². The molecule has 0 aromatic heterocycles. The van der Waals surface area contributed by atoms with Gasteiger partial charge in [-0.25, -0.2) is 19.2 Å². The number of nitrogens with one attached hydrogen (secondary N) is 1. The Morgan fingerprint density at radius 3 is 1.22 bits per heavy atom. The second-order valence-electron chi connectivity index (χ2n) is 15.2. The standard InChI is InChI=1S/C14H18ClNO3.C14H19NO4.C9H11NO2.C6H12ClN/c1-14(2,3)19-13(18)16(4)9-10-7-5-6-8-11(10)12(15)17;1-14(2,3)19-13(18)15(4)9-10-7-5-6-8-11(10)12(16)17;1-10-6-7-4-2-3-5-8(7)9(11)12;1-5(2)6(7)8(3)4/h5-8H,9H2,1-4H3;5-8H,9H2,1-4H3,(H,16,17);2-5,10H,6H2,1H3,(H,11,12);1-4H3. The third-order valence-electron chi connectivity index (χ3n) is 7.12. The van der Waals surface area contributed by atoms with Crippen LogP contribution in [0.1, 0.15) is 103 Å². The van der Waals surface area contributed by atoms with Gasteiger partial charge in [-0.05, 0) is 115 Å². The van der Waals surface area contributed by atoms with Crippen molar-refractivity contribution in [2.75, 3.05) is 35.2 Å². The molecule has 0 aliphatic heterocycles. The molecule has 3 aromatic carbocycles. The van der Waals surface area contributed by atoms with Crippen LogP contribution in [0.25, 0.3) is 0 Å². The fourth-order valence-corrected chi connectivity index (χ4v) is 4.74. The van der Waals surface area contributed by atoms with Crippen molar-refractivity contribution in [3.63, 3.8) is 0 Å². The summed E-state index contributed by atoms with van der Waals surface area (Å²) in [6.07, 6.45) is -0.919. The van der Waals surface area contributed by atoms with E-state index in [0.717, 1.165) is 16.3 Å². The lowest BCUT2D eigenvalue weighted by molar-refractivity contribution is 0.0274. The minimum Gasteiger partial charge on any atom is -0.478 e. The van der Waals surface area contributed by atoms with Crippen molar-refractivity contribution in [1.29, 1.82) is 0 Å². The first-order valence-electron chi connectivity index (χ1n) is 18.2. The maximum atomic E-state index is 11.8. The zero-order valence-electron chi connectivity index (χ0n) is 35.9. The van der Waals surface area contributed by atoms with E-state index in [2.05, 4.69) is 5.32 Å². The highest BCUT2D eigenvalue weighted by atomic mass is 35.5. The fraction of sp³-hybridized carbons (Fsp3) is 0.419. The first-order chi connectivity index (χ1) is 26.7. The average Bonchev–Trinajstić information content (AvgIpc) is 3.11. The molecule has 0 unspecified atom stereocenters. The lowest BCUT2D eigenvalue weighted by Gasteiger charge is -2.25. The van der Waals surface area contributed by atoms with Gasteiger partial charge in [-0.15, -0.1) is 0 Å². The van der Waals surface area contributed by atoms with E-state index in [1.807, 2.05) is 38.9 Å². The second kappa shape index (κ2) is 25.3. The van der Waals surface area contributed by atoms with Crippen molar-refractivity contribution >= 4 is 52.6 Å². The number of rotatable bonds is 10. The van der Waals surface area contributed by atoms with Crippen molar-refractivity contribution in [3.05, 3.63) is 117 Å². The van der Waals surface area contributed by atoms with E-state index >= 15 is 0 Å². The summed E-state index contributed by atoms with van der Waals surface area (Å²) in [7, 11) is 8.83. The number of benzene rings is 3. The Bertz CT molecular complexity index is 1760. The Balaban J connectivity index is 0.000000784. The normalized spacial score (nSPS) is 10.4. The number of ether oxygens (including phenoxy) is 2. The number of carbonyl (C=O) groups excluding carboxylic acids is 3. The lowest BCUT2D eigenvalue weighted by atomic mass is 10.1. The first-order valence-corrected chi connectivity index (χ1v) is 18.9. The monoisotopic (exact) mass is 846 g/mol. The molecule has 0 heterocycles. The summed E-state index contributed by atoms with van der Waals surface area (Å²) < 4.78 is 10.5. The van der Waals surface area contributed by atoms with E-state index in [1.165, 1.54) is 15.9 Å². The van der Waals surface area contributed by atoms with Gasteiger partial charge in [-0.3, -0.25) is 4.79 Å². The summed E-state index contributed by atoms with van der Waals surface area (Å²) in [5.41, 5.74) is 3.07. The van der Waals surface area contributed by atoms with E-state index < -0.39 is 40.6 Å². The Hall–Kier alpha value is -5.11. The molecular formula is C43H60Cl2N4O9. The van der Waals surface area contributed by atoms with Crippen LogP contribution in [0, 0.1) is 0 Å². The van der Waals surface area contributed by atoms with E-state index in [0.29, 0.717) is 28.8 Å². The number of carboxylic acid groups (broad SMARTS) is 2. The van der Waals surface area contributed by atoms with Gasteiger partial charge in [0, 0.05) is 53.4 Å². The number of carbonyl (C=O) groups is 5. The molecule has 0 saturated carbocycles. The van der Waals surface area contributed by atoms with Crippen molar-refractivity contribution in [2.45, 2.75) is 86.2 Å². The van der Waals surface area contributed by atoms with Crippen LogP contribution < -0.4 is 5.32 Å². The topological polar surface area (TPSA) is 166 Å². The smallest absolute Gasteiger partial charge is 0.410 e. The average molecular weight is 848 g/mol. The highest BCUT2D eigenvalue weighted by Crippen LogP contribution is 2.17. The van der Waals surface area contributed by atoms with Gasteiger partial charge >= 0.3 is 24.1 Å². The number of carboxylic acids is 2. The van der Waals surface area contributed by atoms with E-state index in [1.54, 1.807) is 123 Å². The molecule has 0 aliphatic carbocycles. The predicted molar refractivity (Wildman–Crippen MR) is 230 cm³/mol. The van der Waals surface area contributed by atoms with Gasteiger partial charge in [0.25, 0.3) is 5.24 Å². The molecule has 58 heavy (non-hydrogen) atoms. The molecule has 0 spiro atoms. The van der Waals surface area contributed by atoms with E-state index in [-0.39, 0.29) is 18.7 Å². The summed E-state index contributed by atoms with van der Waals surface area (Å²) in [6.45, 7) is 15.8. The lowest BCUT2D eigenvalue weighted by Crippen LogP contribution is -2.34. The Morgan fingerprint density at radius 1 is 0.603 bits per heavy atom. The summed E-state index contributed by atoms with van der Waals surface area (Å²) in [5.74, 6) is -1.88. The Labute approximate surface area is 353 Å². The predicted octanol–water partition coefficient (Wildman–Crippen LogP) is 9.33. The third-order valence-corrected chi connectivity index (χ3v) is 8.04. The van der Waals surface area contributed by atoms with Gasteiger partial charge in [-0.1, -0.05) is 66.2 Å². The highest BCUT2D eigenvalue weighted by Gasteiger charge is 2.22. The van der Waals surface area contributed by atoms with E-state index in [4.69, 9.17) is 42.9 Å². The number of halogens is 2. The molecule has 0 saturated heterocycles. The molecule has 13 nitrogen and oxygen atoms in total. The van der Waals surface area contributed by atoms with Crippen molar-refractivity contribution < 1.29 is 43.7 Å². The van der Waals surface area contributed by atoms with Gasteiger partial charge in [-0.2, -0.15) is 0 Å². The minimum atomic E-state index is -1.01. The van der Waals surface area contributed by atoms with Crippen LogP contribution in [0.15, 0.2) is 83.5 Å². The van der Waals surface area contributed by atoms with Crippen LogP contribution in [-0.4, -0.2) is 101 Å². The Morgan fingerprint density at radius 2 is 0.931 bits per heavy atom. The fourth-order valence-electron chi connectivity index (χ4n) is 4.56. The van der Waals surface area contributed by atoms with Gasteiger partial charge in [0.15, 0.2) is 0 Å². The van der Waals surface area contributed by atoms with Crippen molar-refractivity contribution in [1.82, 2.24) is 20.0 Å². The third kappa shape index (κ3) is 21.4. The van der Waals surface area contributed by atoms with Gasteiger partial charge in [0.1, 0.15) is 16.4 Å². The molecular weight excluding hydrogens is 787 g/mol. The summed E-state index contributed by atoms with van der Waals surface area (Å²) in [4.78, 5) is 61.3. The second-order valence-corrected chi connectivity index (χ2v) is 15.9. The summed E-state index contributed by atoms with van der Waals surface area (Å²) >= 11 is 11.3. The maximum absolute atomic E-state index is 11.8. The Kier molecular flexibility index (Phi) is 23.1. The zero-order valence-corrected chi connectivity index (χ0v) is 37.4. The highest BCUT2D eigenvalue weighted by molar-refractivity contribution is 6.67. The number of nitrogens with zero attached hydrogens (tertiary/aromatic N) is 3. The first kappa shape index (κ1) is 52.9. The minimum absolute atomic E-state index is 0.192. The van der Waals surface area contributed by atoms with Crippen LogP contribution in [0.4, 0.5) is 9.59 Å². The maximum Gasteiger partial charge on any atom is 0.410 e. The van der Waals surface area contributed by atoms with Crippen LogP contribution in [0.3, 0.4) is 0 Å². The van der Waals surface area contributed by atoms with Crippen LogP contribution in [0.2, 0.25) is 0 Å². The van der Waals surface area contributed by atoms with Crippen LogP contribution >= 0.6 is 23.2 Å². The van der Waals surface area contributed by atoms with Gasteiger partial charge in [0.05, 0.1) is 11.1 Å². The van der Waals surface area contributed by atoms with Crippen LogP contribution in [0.5, 0.6) is 0 Å². The van der Waals surface area contributed by atoms with Gasteiger partial charge in [0.2, 0.25) is 0 Å². The molecule has 0 aliphatic rings. The quantitative estimate of drug-likeness (QED) is 0.131. The summed E-state index contributed by atoms with van der Waals surface area (Å²) in [6, 6.07) is 20.5. The number of amides is 2. The van der Waals surface area contributed by atoms with Crippen LogP contribution in [-0.2, 0) is 29.1 Å². The number of hydrogen-bond acceptors (Lipinski definition) is 9. The SMILES string of the molecule is CC(C)=C(Cl)N(C)C.CN(Cc1ccccc1C(=O)Cl)C(=O)OC(C)(C)C.CN(Cc1ccccc1C(=O)O)C(=O)OC(C)(C)C.CNCc1ccccc1C(=O)O. The molecule has 3 aromatic rings. The molecule has 0 radical (unpaired) electrons. The number of hydrogen-bond donors (Lipinski definition) is 3. The largest absolute Gasteiger partial charge is 0.478 e. The molecule has 15 heteroatoms. The molecule has 0 bridgehead atoms. The number of allylic oxidation sites excluding steroid dienone is 1.